The average Bonchev–Trinajstić information content (AvgIpc) is 2.38. The van der Waals surface area contributed by atoms with E-state index in [2.05, 4.69) is 4.98 Å². The largest absolute Gasteiger partial charge is 0.497 e. The number of nitrogens with two attached hydrogens (primary N) is 1. The zero-order chi connectivity index (χ0) is 12.1. The van der Waals surface area contributed by atoms with E-state index < -0.39 is 0 Å². The molecule has 2 aromatic rings. The molecule has 2 rings (SSSR count). The third-order valence-corrected chi connectivity index (χ3v) is 2.38. The summed E-state index contributed by atoms with van der Waals surface area (Å²) < 4.78 is 10.7. The first-order chi connectivity index (χ1) is 8.29. The molecule has 2 N–H and O–H groups in total. The smallest absolute Gasteiger partial charge is 0.129 e. The maximum Gasteiger partial charge on any atom is 0.129 e. The molecule has 0 aliphatic rings. The van der Waals surface area contributed by atoms with Crippen LogP contribution in [0.15, 0.2) is 42.6 Å². The van der Waals surface area contributed by atoms with Crippen LogP contribution in [0.2, 0.25) is 0 Å². The van der Waals surface area contributed by atoms with Gasteiger partial charge in [-0.25, -0.2) is 4.98 Å². The van der Waals surface area contributed by atoms with E-state index in [4.69, 9.17) is 15.2 Å². The lowest BCUT2D eigenvalue weighted by atomic mass is 10.2. The summed E-state index contributed by atoms with van der Waals surface area (Å²) in [6.45, 7) is 0.409. The molecule has 0 saturated carbocycles. The van der Waals surface area contributed by atoms with Gasteiger partial charge in [0, 0.05) is 11.8 Å². The van der Waals surface area contributed by atoms with Gasteiger partial charge in [-0.15, -0.1) is 0 Å². The summed E-state index contributed by atoms with van der Waals surface area (Å²) in [5, 5.41) is 0. The molecule has 0 saturated heterocycles. The van der Waals surface area contributed by atoms with E-state index in [1.165, 1.54) is 0 Å². The molecule has 1 aromatic heterocycles. The number of pyridine rings is 1. The number of aromatic nitrogens is 1. The van der Waals surface area contributed by atoms with Crippen molar-refractivity contribution in [2.45, 2.75) is 6.61 Å². The van der Waals surface area contributed by atoms with Gasteiger partial charge in [-0.05, 0) is 30.3 Å². The first-order valence-electron chi connectivity index (χ1n) is 5.26. The Kier molecular flexibility index (Phi) is 3.45. The Morgan fingerprint density at radius 2 is 1.82 bits per heavy atom. The van der Waals surface area contributed by atoms with Crippen molar-refractivity contribution in [2.24, 2.45) is 0 Å². The molecule has 0 radical (unpaired) electrons. The highest BCUT2D eigenvalue weighted by Gasteiger charge is 2.00. The van der Waals surface area contributed by atoms with Crippen molar-refractivity contribution in [3.63, 3.8) is 0 Å². The Morgan fingerprint density at radius 3 is 2.47 bits per heavy atom. The third-order valence-electron chi connectivity index (χ3n) is 2.38. The molecule has 0 aliphatic heterocycles. The Balaban J connectivity index is 2.00. The van der Waals surface area contributed by atoms with Crippen LogP contribution in [0.25, 0.3) is 0 Å². The van der Waals surface area contributed by atoms with E-state index in [-0.39, 0.29) is 0 Å². The van der Waals surface area contributed by atoms with Gasteiger partial charge in [-0.3, -0.25) is 0 Å². The Labute approximate surface area is 100 Å². The first-order valence-corrected chi connectivity index (χ1v) is 5.26. The summed E-state index contributed by atoms with van der Waals surface area (Å²) in [6, 6.07) is 11.1. The Hall–Kier alpha value is -2.23. The minimum Gasteiger partial charge on any atom is -0.497 e. The van der Waals surface area contributed by atoms with Crippen molar-refractivity contribution in [3.05, 3.63) is 48.2 Å². The third kappa shape index (κ3) is 2.87. The number of methoxy groups -OCH3 is 1. The van der Waals surface area contributed by atoms with Crippen LogP contribution in [-0.4, -0.2) is 12.1 Å². The van der Waals surface area contributed by atoms with Gasteiger partial charge in [0.15, 0.2) is 0 Å². The van der Waals surface area contributed by atoms with E-state index in [1.807, 2.05) is 36.4 Å². The second-order valence-electron chi connectivity index (χ2n) is 3.51. The molecule has 4 heteroatoms. The molecule has 0 aliphatic carbocycles. The summed E-state index contributed by atoms with van der Waals surface area (Å²) in [6.07, 6.45) is 1.66. The number of anilines is 1. The zero-order valence-corrected chi connectivity index (χ0v) is 9.59. The first kappa shape index (κ1) is 11.3. The number of ether oxygens (including phenoxy) is 2. The maximum absolute atomic E-state index is 5.72. The van der Waals surface area contributed by atoms with Gasteiger partial charge in [0.05, 0.1) is 7.11 Å². The Morgan fingerprint density at radius 1 is 1.12 bits per heavy atom. The summed E-state index contributed by atoms with van der Waals surface area (Å²) in [7, 11) is 1.63. The van der Waals surface area contributed by atoms with E-state index in [0.717, 1.165) is 17.1 Å². The van der Waals surface area contributed by atoms with Gasteiger partial charge < -0.3 is 15.2 Å². The van der Waals surface area contributed by atoms with Crippen molar-refractivity contribution >= 4 is 5.82 Å². The minimum atomic E-state index is 0.409. The lowest BCUT2D eigenvalue weighted by Crippen LogP contribution is -2.01. The van der Waals surface area contributed by atoms with Crippen molar-refractivity contribution in [3.8, 4) is 11.5 Å². The molecule has 1 aromatic carbocycles. The predicted octanol–water partition coefficient (Wildman–Crippen LogP) is 2.25. The van der Waals surface area contributed by atoms with Crippen molar-refractivity contribution < 1.29 is 9.47 Å². The quantitative estimate of drug-likeness (QED) is 0.875. The van der Waals surface area contributed by atoms with E-state index >= 15 is 0 Å². The lowest BCUT2D eigenvalue weighted by molar-refractivity contribution is 0.306. The molecule has 0 spiro atoms. The van der Waals surface area contributed by atoms with Crippen LogP contribution in [-0.2, 0) is 6.61 Å². The average molecular weight is 230 g/mol. The second kappa shape index (κ2) is 5.21. The van der Waals surface area contributed by atoms with E-state index in [0.29, 0.717) is 12.4 Å². The summed E-state index contributed by atoms with van der Waals surface area (Å²) >= 11 is 0. The summed E-state index contributed by atoms with van der Waals surface area (Å²) in [5.74, 6) is 2.08. The highest BCUT2D eigenvalue weighted by atomic mass is 16.5. The highest BCUT2D eigenvalue weighted by Crippen LogP contribution is 2.18. The van der Waals surface area contributed by atoms with Crippen molar-refractivity contribution in [2.75, 3.05) is 12.8 Å². The normalized spacial score (nSPS) is 9.94. The fraction of sp³-hybridized carbons (Fsp3) is 0.154. The Bertz CT molecular complexity index is 483. The molecule has 0 amide bonds. The van der Waals surface area contributed by atoms with Crippen LogP contribution in [0.5, 0.6) is 11.5 Å². The molecule has 0 unspecified atom stereocenters. The maximum atomic E-state index is 5.72. The summed E-state index contributed by atoms with van der Waals surface area (Å²) in [5.41, 5.74) is 6.60. The number of benzene rings is 1. The standard InChI is InChI=1S/C13H14N2O2/c1-16-11-4-6-12(7-5-11)17-9-10-3-2-8-15-13(10)14/h2-8H,9H2,1H3,(H2,14,15). The second-order valence-corrected chi connectivity index (χ2v) is 3.51. The van der Waals surface area contributed by atoms with Crippen LogP contribution in [0.1, 0.15) is 5.56 Å². The fourth-order valence-electron chi connectivity index (χ4n) is 1.41. The van der Waals surface area contributed by atoms with Gasteiger partial charge in [0.25, 0.3) is 0 Å². The van der Waals surface area contributed by atoms with Crippen molar-refractivity contribution in [1.29, 1.82) is 0 Å². The fourth-order valence-corrected chi connectivity index (χ4v) is 1.41. The van der Waals surface area contributed by atoms with Crippen molar-refractivity contribution in [1.82, 2.24) is 4.98 Å². The highest BCUT2D eigenvalue weighted by molar-refractivity contribution is 5.38. The molecule has 88 valence electrons. The lowest BCUT2D eigenvalue weighted by Gasteiger charge is -2.08. The molecular formula is C13H14N2O2. The van der Waals surface area contributed by atoms with Gasteiger partial charge in [-0.1, -0.05) is 6.07 Å². The van der Waals surface area contributed by atoms with Gasteiger partial charge in [-0.2, -0.15) is 0 Å². The molecule has 0 fully saturated rings. The molecular weight excluding hydrogens is 216 g/mol. The van der Waals surface area contributed by atoms with Crippen LogP contribution in [0, 0.1) is 0 Å². The van der Waals surface area contributed by atoms with Gasteiger partial charge >= 0.3 is 0 Å². The topological polar surface area (TPSA) is 57.4 Å². The number of hydrogen-bond acceptors (Lipinski definition) is 4. The van der Waals surface area contributed by atoms with Crippen LogP contribution < -0.4 is 15.2 Å². The van der Waals surface area contributed by atoms with E-state index in [1.54, 1.807) is 13.3 Å². The van der Waals surface area contributed by atoms with Crippen LogP contribution >= 0.6 is 0 Å². The molecule has 1 heterocycles. The monoisotopic (exact) mass is 230 g/mol. The minimum absolute atomic E-state index is 0.409. The molecule has 0 bridgehead atoms. The number of hydrogen-bond donors (Lipinski definition) is 1. The SMILES string of the molecule is COc1ccc(OCc2cccnc2N)cc1. The number of rotatable bonds is 4. The van der Waals surface area contributed by atoms with Crippen LogP contribution in [0.4, 0.5) is 5.82 Å². The van der Waals surface area contributed by atoms with E-state index in [9.17, 15) is 0 Å². The molecule has 17 heavy (non-hydrogen) atoms. The molecule has 0 atom stereocenters. The molecule has 4 nitrogen and oxygen atoms in total. The van der Waals surface area contributed by atoms with Gasteiger partial charge in [0.1, 0.15) is 23.9 Å². The zero-order valence-electron chi connectivity index (χ0n) is 9.59. The van der Waals surface area contributed by atoms with Crippen LogP contribution in [0.3, 0.4) is 0 Å². The summed E-state index contributed by atoms with van der Waals surface area (Å²) in [4.78, 5) is 4.00. The number of nitrogen functional groups attached to an aromatic ring is 1. The predicted molar refractivity (Wildman–Crippen MR) is 66.0 cm³/mol. The number of nitrogens with zero attached hydrogens (tertiary/aromatic N) is 1. The van der Waals surface area contributed by atoms with Gasteiger partial charge in [0.2, 0.25) is 0 Å².